The molecule has 41 heavy (non-hydrogen) atoms. The second-order valence-electron chi connectivity index (χ2n) is 9.65. The standard InChI is InChI=1S/C31H48N4O6/c1-38-25-11-13-28(40-3)24(21-25)22-30(36)34-19-9-17-32-15-7-5-6-8-16-33-18-10-20-35-31(37)27-23-26(39-2)12-14-29(27)41-4/h11-14,21,23,32-33H,5-10,15-20,22H2,1-4H3,(H,34,36)(H,35,37). The van der Waals surface area contributed by atoms with E-state index in [0.717, 1.165) is 57.4 Å². The molecule has 0 heterocycles. The summed E-state index contributed by atoms with van der Waals surface area (Å²) in [6.07, 6.45) is 6.66. The van der Waals surface area contributed by atoms with Crippen molar-refractivity contribution in [3.05, 3.63) is 47.5 Å². The molecule has 10 nitrogen and oxygen atoms in total. The van der Waals surface area contributed by atoms with Gasteiger partial charge in [-0.3, -0.25) is 9.59 Å². The number of nitrogens with one attached hydrogen (secondary N) is 4. The molecule has 10 heteroatoms. The second kappa shape index (κ2) is 20.4. The first kappa shape index (κ1) is 33.7. The molecular formula is C31H48N4O6. The normalized spacial score (nSPS) is 10.6. The molecule has 0 fully saturated rings. The quantitative estimate of drug-likeness (QED) is 0.159. The van der Waals surface area contributed by atoms with Crippen molar-refractivity contribution in [1.82, 2.24) is 21.3 Å². The van der Waals surface area contributed by atoms with Crippen LogP contribution in [0.4, 0.5) is 0 Å². The van der Waals surface area contributed by atoms with E-state index in [-0.39, 0.29) is 18.2 Å². The number of benzene rings is 2. The van der Waals surface area contributed by atoms with Crippen molar-refractivity contribution in [1.29, 1.82) is 0 Å². The summed E-state index contributed by atoms with van der Waals surface area (Å²) in [5, 5.41) is 12.8. The maximum Gasteiger partial charge on any atom is 0.255 e. The summed E-state index contributed by atoms with van der Waals surface area (Å²) in [6.45, 7) is 4.94. The van der Waals surface area contributed by atoms with E-state index in [1.807, 2.05) is 18.2 Å². The Labute approximate surface area is 244 Å². The fraction of sp³-hybridized carbons (Fsp3) is 0.548. The van der Waals surface area contributed by atoms with E-state index in [4.69, 9.17) is 18.9 Å². The van der Waals surface area contributed by atoms with Crippen LogP contribution < -0.4 is 40.2 Å². The van der Waals surface area contributed by atoms with Gasteiger partial charge in [-0.2, -0.15) is 0 Å². The third-order valence-electron chi connectivity index (χ3n) is 6.62. The predicted molar refractivity (Wildman–Crippen MR) is 162 cm³/mol. The monoisotopic (exact) mass is 572 g/mol. The number of amides is 2. The van der Waals surface area contributed by atoms with Gasteiger partial charge in [-0.1, -0.05) is 12.8 Å². The molecule has 0 saturated carbocycles. The topological polar surface area (TPSA) is 119 Å². The molecule has 0 aliphatic heterocycles. The van der Waals surface area contributed by atoms with Gasteiger partial charge in [-0.15, -0.1) is 0 Å². The molecule has 0 unspecified atom stereocenters. The first-order valence-corrected chi connectivity index (χ1v) is 14.4. The molecule has 0 bridgehead atoms. The van der Waals surface area contributed by atoms with E-state index in [2.05, 4.69) is 21.3 Å². The lowest BCUT2D eigenvalue weighted by molar-refractivity contribution is -0.120. The molecule has 4 N–H and O–H groups in total. The first-order valence-electron chi connectivity index (χ1n) is 14.4. The van der Waals surface area contributed by atoms with Crippen LogP contribution in [0.15, 0.2) is 36.4 Å². The smallest absolute Gasteiger partial charge is 0.255 e. The first-order chi connectivity index (χ1) is 20.0. The molecule has 0 atom stereocenters. The lowest BCUT2D eigenvalue weighted by Crippen LogP contribution is -2.29. The van der Waals surface area contributed by atoms with Crippen molar-refractivity contribution in [2.75, 3.05) is 67.7 Å². The predicted octanol–water partition coefficient (Wildman–Crippen LogP) is 3.33. The van der Waals surface area contributed by atoms with E-state index in [9.17, 15) is 9.59 Å². The summed E-state index contributed by atoms with van der Waals surface area (Å²) in [4.78, 5) is 24.7. The SMILES string of the molecule is COc1ccc(OC)c(CC(=O)NCCCNCCCCCCNCCCNC(=O)c2cc(OC)ccc2OC)c1. The highest BCUT2D eigenvalue weighted by atomic mass is 16.5. The Morgan fingerprint density at radius 2 is 1.12 bits per heavy atom. The number of rotatable bonds is 22. The molecule has 2 rings (SSSR count). The van der Waals surface area contributed by atoms with E-state index in [1.54, 1.807) is 46.6 Å². The number of ether oxygens (including phenoxy) is 4. The summed E-state index contributed by atoms with van der Waals surface area (Å²) in [6, 6.07) is 10.7. The van der Waals surface area contributed by atoms with Crippen molar-refractivity contribution >= 4 is 11.8 Å². The number of unbranched alkanes of at least 4 members (excludes halogenated alkanes) is 3. The number of hydrogen-bond acceptors (Lipinski definition) is 8. The van der Waals surface area contributed by atoms with Gasteiger partial charge < -0.3 is 40.2 Å². The highest BCUT2D eigenvalue weighted by molar-refractivity contribution is 5.97. The molecule has 0 aliphatic rings. The van der Waals surface area contributed by atoms with Crippen molar-refractivity contribution < 1.29 is 28.5 Å². The van der Waals surface area contributed by atoms with Gasteiger partial charge in [0, 0.05) is 18.7 Å². The fourth-order valence-electron chi connectivity index (χ4n) is 4.30. The van der Waals surface area contributed by atoms with Crippen LogP contribution in [0.3, 0.4) is 0 Å². The average molecular weight is 573 g/mol. The summed E-state index contributed by atoms with van der Waals surface area (Å²) < 4.78 is 21.1. The van der Waals surface area contributed by atoms with Gasteiger partial charge in [0.25, 0.3) is 5.91 Å². The summed E-state index contributed by atoms with van der Waals surface area (Å²) >= 11 is 0. The minimum atomic E-state index is -0.162. The Balaban J connectivity index is 1.39. The molecule has 2 aromatic carbocycles. The maximum atomic E-state index is 12.5. The Hall–Kier alpha value is -3.50. The Bertz CT molecular complexity index is 1050. The highest BCUT2D eigenvalue weighted by Crippen LogP contribution is 2.25. The van der Waals surface area contributed by atoms with E-state index in [1.165, 1.54) is 12.8 Å². The largest absolute Gasteiger partial charge is 0.497 e. The van der Waals surface area contributed by atoms with Gasteiger partial charge in [0.05, 0.1) is 40.4 Å². The zero-order chi connectivity index (χ0) is 29.7. The van der Waals surface area contributed by atoms with Crippen LogP contribution in [0.1, 0.15) is 54.4 Å². The van der Waals surface area contributed by atoms with Crippen molar-refractivity contribution in [3.63, 3.8) is 0 Å². The number of carbonyl (C=O) groups excluding carboxylic acids is 2. The van der Waals surface area contributed by atoms with E-state index < -0.39 is 0 Å². The van der Waals surface area contributed by atoms with E-state index in [0.29, 0.717) is 41.7 Å². The van der Waals surface area contributed by atoms with Gasteiger partial charge in [0.2, 0.25) is 5.91 Å². The lowest BCUT2D eigenvalue weighted by Gasteiger charge is -2.11. The van der Waals surface area contributed by atoms with Crippen LogP contribution in [0, 0.1) is 0 Å². The second-order valence-corrected chi connectivity index (χ2v) is 9.65. The average Bonchev–Trinajstić information content (AvgIpc) is 3.00. The Morgan fingerprint density at radius 1 is 0.585 bits per heavy atom. The van der Waals surface area contributed by atoms with Crippen molar-refractivity contribution in [3.8, 4) is 23.0 Å². The van der Waals surface area contributed by atoms with Crippen LogP contribution in [0.25, 0.3) is 0 Å². The Morgan fingerprint density at radius 3 is 1.71 bits per heavy atom. The van der Waals surface area contributed by atoms with Crippen LogP contribution in [-0.4, -0.2) is 79.5 Å². The molecule has 0 aromatic heterocycles. The minimum absolute atomic E-state index is 0.0243. The van der Waals surface area contributed by atoms with Crippen LogP contribution in [0.2, 0.25) is 0 Å². The van der Waals surface area contributed by atoms with Gasteiger partial charge in [-0.05, 0) is 88.3 Å². The Kier molecular flexibility index (Phi) is 16.8. The molecule has 0 radical (unpaired) electrons. The van der Waals surface area contributed by atoms with Crippen LogP contribution in [0.5, 0.6) is 23.0 Å². The summed E-state index contributed by atoms with van der Waals surface area (Å²) in [5.41, 5.74) is 1.29. The van der Waals surface area contributed by atoms with Gasteiger partial charge in [-0.25, -0.2) is 0 Å². The van der Waals surface area contributed by atoms with Crippen LogP contribution in [-0.2, 0) is 11.2 Å². The van der Waals surface area contributed by atoms with Gasteiger partial charge in [0.15, 0.2) is 0 Å². The number of hydrogen-bond donors (Lipinski definition) is 4. The summed E-state index contributed by atoms with van der Waals surface area (Å²) in [7, 11) is 6.33. The van der Waals surface area contributed by atoms with Crippen molar-refractivity contribution in [2.45, 2.75) is 44.9 Å². The van der Waals surface area contributed by atoms with Gasteiger partial charge in [0.1, 0.15) is 23.0 Å². The lowest BCUT2D eigenvalue weighted by atomic mass is 10.1. The highest BCUT2D eigenvalue weighted by Gasteiger charge is 2.13. The number of methoxy groups -OCH3 is 4. The third-order valence-corrected chi connectivity index (χ3v) is 6.62. The molecule has 228 valence electrons. The molecule has 0 aliphatic carbocycles. The molecule has 0 spiro atoms. The molecular weight excluding hydrogens is 524 g/mol. The van der Waals surface area contributed by atoms with E-state index >= 15 is 0 Å². The zero-order valence-corrected chi connectivity index (χ0v) is 25.1. The third kappa shape index (κ3) is 13.1. The molecule has 2 aromatic rings. The minimum Gasteiger partial charge on any atom is -0.497 e. The van der Waals surface area contributed by atoms with Crippen LogP contribution >= 0.6 is 0 Å². The molecule has 0 saturated heterocycles. The van der Waals surface area contributed by atoms with Crippen molar-refractivity contribution in [2.24, 2.45) is 0 Å². The molecule has 2 amide bonds. The maximum absolute atomic E-state index is 12.5. The number of carbonyl (C=O) groups is 2. The zero-order valence-electron chi connectivity index (χ0n) is 25.1. The summed E-state index contributed by atoms with van der Waals surface area (Å²) in [5.74, 6) is 2.36. The van der Waals surface area contributed by atoms with Gasteiger partial charge >= 0.3 is 0 Å². The fourth-order valence-corrected chi connectivity index (χ4v) is 4.30.